The van der Waals surface area contributed by atoms with Crippen molar-refractivity contribution in [2.75, 3.05) is 11.9 Å². The first-order valence-electron chi connectivity index (χ1n) is 6.97. The lowest BCUT2D eigenvalue weighted by molar-refractivity contribution is 0.0526. The van der Waals surface area contributed by atoms with Crippen LogP contribution >= 0.6 is 11.6 Å². The highest BCUT2D eigenvalue weighted by molar-refractivity contribution is 6.34. The van der Waals surface area contributed by atoms with Gasteiger partial charge in [0.05, 0.1) is 22.9 Å². The van der Waals surface area contributed by atoms with Crippen LogP contribution in [0.3, 0.4) is 0 Å². The molecule has 1 amide bonds. The van der Waals surface area contributed by atoms with E-state index in [1.54, 1.807) is 6.92 Å². The van der Waals surface area contributed by atoms with Crippen LogP contribution in [0.2, 0.25) is 5.02 Å². The second-order valence-electron chi connectivity index (χ2n) is 4.78. The van der Waals surface area contributed by atoms with E-state index in [9.17, 15) is 14.0 Å². The number of carbonyl (C=O) groups is 2. The van der Waals surface area contributed by atoms with Crippen LogP contribution in [-0.2, 0) is 4.74 Å². The summed E-state index contributed by atoms with van der Waals surface area (Å²) in [7, 11) is 0. The molecule has 0 radical (unpaired) electrons. The molecule has 0 saturated carbocycles. The Kier molecular flexibility index (Phi) is 5.34. The zero-order valence-electron chi connectivity index (χ0n) is 12.7. The Bertz CT molecular complexity index is 761. The molecular formula is C17H15ClFNO3. The molecule has 23 heavy (non-hydrogen) atoms. The number of hydrogen-bond acceptors (Lipinski definition) is 3. The predicted octanol–water partition coefficient (Wildman–Crippen LogP) is 4.22. The average molecular weight is 336 g/mol. The Morgan fingerprint density at radius 2 is 2.00 bits per heavy atom. The van der Waals surface area contributed by atoms with E-state index in [1.165, 1.54) is 43.3 Å². The highest BCUT2D eigenvalue weighted by Crippen LogP contribution is 2.24. The van der Waals surface area contributed by atoms with Gasteiger partial charge >= 0.3 is 5.97 Å². The third-order valence-electron chi connectivity index (χ3n) is 3.24. The summed E-state index contributed by atoms with van der Waals surface area (Å²) in [4.78, 5) is 23.9. The van der Waals surface area contributed by atoms with E-state index >= 15 is 0 Å². The van der Waals surface area contributed by atoms with Gasteiger partial charge < -0.3 is 10.1 Å². The van der Waals surface area contributed by atoms with Crippen LogP contribution in [0.1, 0.15) is 33.2 Å². The number of halogens is 2. The molecule has 0 aliphatic rings. The lowest BCUT2D eigenvalue weighted by Crippen LogP contribution is -2.14. The monoisotopic (exact) mass is 335 g/mol. The van der Waals surface area contributed by atoms with Crippen molar-refractivity contribution in [3.8, 4) is 0 Å². The Balaban J connectivity index is 2.22. The van der Waals surface area contributed by atoms with Crippen molar-refractivity contribution in [1.29, 1.82) is 0 Å². The fourth-order valence-corrected chi connectivity index (χ4v) is 2.23. The highest BCUT2D eigenvalue weighted by Gasteiger charge is 2.15. The minimum absolute atomic E-state index is 0.193. The topological polar surface area (TPSA) is 55.4 Å². The van der Waals surface area contributed by atoms with Gasteiger partial charge in [-0.15, -0.1) is 0 Å². The number of esters is 1. The predicted molar refractivity (Wildman–Crippen MR) is 86.5 cm³/mol. The van der Waals surface area contributed by atoms with E-state index in [0.717, 1.165) is 0 Å². The molecule has 0 aliphatic heterocycles. The molecule has 0 saturated heterocycles. The quantitative estimate of drug-likeness (QED) is 0.851. The van der Waals surface area contributed by atoms with Crippen LogP contribution < -0.4 is 5.32 Å². The van der Waals surface area contributed by atoms with Gasteiger partial charge in [0.15, 0.2) is 0 Å². The van der Waals surface area contributed by atoms with Gasteiger partial charge in [-0.2, -0.15) is 0 Å². The van der Waals surface area contributed by atoms with Crippen LogP contribution in [0.25, 0.3) is 0 Å². The number of anilines is 1. The summed E-state index contributed by atoms with van der Waals surface area (Å²) in [6.45, 7) is 3.49. The van der Waals surface area contributed by atoms with Crippen molar-refractivity contribution < 1.29 is 18.7 Å². The summed E-state index contributed by atoms with van der Waals surface area (Å²) < 4.78 is 18.4. The fraction of sp³-hybridized carbons (Fsp3) is 0.176. The Morgan fingerprint density at radius 1 is 1.26 bits per heavy atom. The number of amides is 1. The number of hydrogen-bond donors (Lipinski definition) is 1. The smallest absolute Gasteiger partial charge is 0.338 e. The van der Waals surface area contributed by atoms with Gasteiger partial charge in [-0.1, -0.05) is 17.7 Å². The minimum atomic E-state index is -0.492. The zero-order valence-corrected chi connectivity index (χ0v) is 13.4. The fourth-order valence-electron chi connectivity index (χ4n) is 2.00. The standard InChI is InChI=1S/C17H15ClFNO3/c1-3-23-17(22)11-7-8-15(13(18)9-11)20-16(21)12-5-4-6-14(19)10(12)2/h4-9H,3H2,1-2H3,(H,20,21). The number of benzene rings is 2. The van der Waals surface area contributed by atoms with Gasteiger partial charge in [-0.25, -0.2) is 9.18 Å². The maximum Gasteiger partial charge on any atom is 0.338 e. The van der Waals surface area contributed by atoms with Crippen LogP contribution in [0, 0.1) is 12.7 Å². The molecule has 6 heteroatoms. The normalized spacial score (nSPS) is 10.3. The van der Waals surface area contributed by atoms with Gasteiger partial charge in [-0.3, -0.25) is 4.79 Å². The third kappa shape index (κ3) is 3.87. The second-order valence-corrected chi connectivity index (χ2v) is 5.19. The minimum Gasteiger partial charge on any atom is -0.462 e. The van der Waals surface area contributed by atoms with E-state index in [4.69, 9.17) is 16.3 Å². The van der Waals surface area contributed by atoms with Gasteiger partial charge in [0.25, 0.3) is 5.91 Å². The van der Waals surface area contributed by atoms with Gasteiger partial charge in [0, 0.05) is 5.56 Å². The summed E-state index contributed by atoms with van der Waals surface area (Å²) in [5, 5.41) is 2.80. The molecule has 0 aliphatic carbocycles. The number of rotatable bonds is 4. The largest absolute Gasteiger partial charge is 0.462 e. The molecule has 1 N–H and O–H groups in total. The molecular weight excluding hydrogens is 321 g/mol. The van der Waals surface area contributed by atoms with Crippen LogP contribution in [0.4, 0.5) is 10.1 Å². The molecule has 2 rings (SSSR count). The molecule has 120 valence electrons. The maximum absolute atomic E-state index is 13.5. The maximum atomic E-state index is 13.5. The Labute approximate surface area is 138 Å². The Morgan fingerprint density at radius 3 is 2.65 bits per heavy atom. The first-order valence-corrected chi connectivity index (χ1v) is 7.35. The molecule has 2 aromatic rings. The van der Waals surface area contributed by atoms with E-state index in [1.807, 2.05) is 0 Å². The lowest BCUT2D eigenvalue weighted by Gasteiger charge is -2.10. The van der Waals surface area contributed by atoms with Gasteiger partial charge in [0.2, 0.25) is 0 Å². The van der Waals surface area contributed by atoms with E-state index in [-0.39, 0.29) is 28.3 Å². The first-order chi connectivity index (χ1) is 10.9. The van der Waals surface area contributed by atoms with Crippen LogP contribution in [0.5, 0.6) is 0 Å². The molecule has 2 aromatic carbocycles. The highest BCUT2D eigenvalue weighted by atomic mass is 35.5. The van der Waals surface area contributed by atoms with E-state index in [2.05, 4.69) is 5.32 Å². The van der Waals surface area contributed by atoms with Crippen molar-refractivity contribution in [3.05, 3.63) is 63.9 Å². The third-order valence-corrected chi connectivity index (χ3v) is 3.55. The number of carbonyl (C=O) groups excluding carboxylic acids is 2. The molecule has 0 spiro atoms. The molecule has 0 heterocycles. The summed E-state index contributed by atoms with van der Waals surface area (Å²) in [5.74, 6) is -1.43. The average Bonchev–Trinajstić information content (AvgIpc) is 2.52. The van der Waals surface area contributed by atoms with Gasteiger partial charge in [-0.05, 0) is 49.7 Å². The van der Waals surface area contributed by atoms with Crippen molar-refractivity contribution in [3.63, 3.8) is 0 Å². The van der Waals surface area contributed by atoms with Gasteiger partial charge in [0.1, 0.15) is 5.82 Å². The summed E-state index contributed by atoms with van der Waals surface area (Å²) in [6, 6.07) is 8.68. The van der Waals surface area contributed by atoms with Crippen molar-refractivity contribution >= 4 is 29.2 Å². The molecule has 0 bridgehead atoms. The Hall–Kier alpha value is -2.40. The SMILES string of the molecule is CCOC(=O)c1ccc(NC(=O)c2cccc(F)c2C)c(Cl)c1. The molecule has 0 atom stereocenters. The molecule has 4 nitrogen and oxygen atoms in total. The van der Waals surface area contributed by atoms with E-state index < -0.39 is 17.7 Å². The zero-order chi connectivity index (χ0) is 17.0. The lowest BCUT2D eigenvalue weighted by atomic mass is 10.1. The second kappa shape index (κ2) is 7.24. The van der Waals surface area contributed by atoms with Crippen LogP contribution in [-0.4, -0.2) is 18.5 Å². The number of nitrogens with one attached hydrogen (secondary N) is 1. The number of ether oxygens (including phenoxy) is 1. The molecule has 0 unspecified atom stereocenters. The first kappa shape index (κ1) is 17.0. The van der Waals surface area contributed by atoms with Crippen molar-refractivity contribution in [1.82, 2.24) is 0 Å². The van der Waals surface area contributed by atoms with Crippen LogP contribution in [0.15, 0.2) is 36.4 Å². The molecule has 0 fully saturated rings. The molecule has 0 aromatic heterocycles. The van der Waals surface area contributed by atoms with Crippen molar-refractivity contribution in [2.45, 2.75) is 13.8 Å². The van der Waals surface area contributed by atoms with E-state index in [0.29, 0.717) is 5.69 Å². The summed E-state index contributed by atoms with van der Waals surface area (Å²) in [6.07, 6.45) is 0. The summed E-state index contributed by atoms with van der Waals surface area (Å²) in [5.41, 5.74) is 1.09. The summed E-state index contributed by atoms with van der Waals surface area (Å²) >= 11 is 6.08. The van der Waals surface area contributed by atoms with Crippen molar-refractivity contribution in [2.24, 2.45) is 0 Å².